The molecule has 1 heterocycles. The minimum absolute atomic E-state index is 0.0248. The zero-order valence-electron chi connectivity index (χ0n) is 7.79. The van der Waals surface area contributed by atoms with Crippen molar-refractivity contribution in [3.63, 3.8) is 0 Å². The van der Waals surface area contributed by atoms with Gasteiger partial charge in [-0.3, -0.25) is 4.79 Å². The maximum absolute atomic E-state index is 10.4. The van der Waals surface area contributed by atoms with Crippen molar-refractivity contribution in [2.45, 2.75) is 31.3 Å². The van der Waals surface area contributed by atoms with Crippen LogP contribution in [-0.4, -0.2) is 58.9 Å². The molecule has 4 atom stereocenters. The van der Waals surface area contributed by atoms with Gasteiger partial charge in [0, 0.05) is 6.92 Å². The SMILES string of the molecule is CC(=O)OCC(O)[C@H]1OC[C@@H](O)C1O. The Morgan fingerprint density at radius 3 is 2.71 bits per heavy atom. The maximum Gasteiger partial charge on any atom is 0.302 e. The molecule has 0 spiro atoms. The van der Waals surface area contributed by atoms with Crippen molar-refractivity contribution >= 4 is 5.97 Å². The molecular formula is C8H14O6. The largest absolute Gasteiger partial charge is 0.463 e. The quantitative estimate of drug-likeness (QED) is 0.464. The van der Waals surface area contributed by atoms with Crippen molar-refractivity contribution in [2.75, 3.05) is 13.2 Å². The van der Waals surface area contributed by atoms with Crippen molar-refractivity contribution in [3.05, 3.63) is 0 Å². The second-order valence-corrected chi connectivity index (χ2v) is 3.23. The van der Waals surface area contributed by atoms with Crippen LogP contribution in [0.3, 0.4) is 0 Å². The van der Waals surface area contributed by atoms with Crippen LogP contribution >= 0.6 is 0 Å². The molecule has 0 aromatic rings. The lowest BCUT2D eigenvalue weighted by atomic mass is 10.1. The Morgan fingerprint density at radius 2 is 2.29 bits per heavy atom. The summed E-state index contributed by atoms with van der Waals surface area (Å²) < 4.78 is 9.47. The van der Waals surface area contributed by atoms with Crippen LogP contribution in [0.4, 0.5) is 0 Å². The predicted molar refractivity (Wildman–Crippen MR) is 44.4 cm³/mol. The number of hydrogen-bond acceptors (Lipinski definition) is 6. The summed E-state index contributed by atoms with van der Waals surface area (Å²) in [5.41, 5.74) is 0. The minimum Gasteiger partial charge on any atom is -0.463 e. The van der Waals surface area contributed by atoms with E-state index in [0.717, 1.165) is 0 Å². The number of carbonyl (C=O) groups excluding carboxylic acids is 1. The first-order chi connectivity index (χ1) is 6.52. The minimum atomic E-state index is -1.14. The number of esters is 1. The topological polar surface area (TPSA) is 96.2 Å². The molecule has 6 nitrogen and oxygen atoms in total. The second-order valence-electron chi connectivity index (χ2n) is 3.23. The van der Waals surface area contributed by atoms with Gasteiger partial charge in [0.1, 0.15) is 31.0 Å². The lowest BCUT2D eigenvalue weighted by Crippen LogP contribution is -2.41. The highest BCUT2D eigenvalue weighted by Gasteiger charge is 2.39. The second kappa shape index (κ2) is 4.70. The molecule has 0 aliphatic carbocycles. The van der Waals surface area contributed by atoms with Gasteiger partial charge in [-0.1, -0.05) is 0 Å². The summed E-state index contributed by atoms with van der Waals surface area (Å²) in [6, 6.07) is 0. The van der Waals surface area contributed by atoms with Crippen molar-refractivity contribution < 1.29 is 29.6 Å². The number of hydrogen-bond donors (Lipinski definition) is 3. The van der Waals surface area contributed by atoms with Gasteiger partial charge >= 0.3 is 5.97 Å². The first-order valence-electron chi connectivity index (χ1n) is 4.31. The molecule has 0 bridgehead atoms. The van der Waals surface area contributed by atoms with E-state index in [2.05, 4.69) is 4.74 Å². The number of rotatable bonds is 3. The molecule has 1 rings (SSSR count). The molecule has 1 aliphatic heterocycles. The molecule has 1 saturated heterocycles. The zero-order chi connectivity index (χ0) is 10.7. The smallest absolute Gasteiger partial charge is 0.302 e. The Kier molecular flexibility index (Phi) is 3.82. The highest BCUT2D eigenvalue weighted by atomic mass is 16.6. The van der Waals surface area contributed by atoms with E-state index in [0.29, 0.717) is 0 Å². The summed E-state index contributed by atoms with van der Waals surface area (Å²) in [7, 11) is 0. The molecule has 0 radical (unpaired) electrons. The summed E-state index contributed by atoms with van der Waals surface area (Å²) in [5, 5.41) is 27.8. The van der Waals surface area contributed by atoms with Crippen molar-refractivity contribution in [3.8, 4) is 0 Å². The molecule has 6 heteroatoms. The van der Waals surface area contributed by atoms with Crippen molar-refractivity contribution in [1.82, 2.24) is 0 Å². The van der Waals surface area contributed by atoms with Crippen LogP contribution in [0, 0.1) is 0 Å². The molecule has 1 aliphatic rings. The normalized spacial score (nSPS) is 34.1. The van der Waals surface area contributed by atoms with Gasteiger partial charge in [-0.25, -0.2) is 0 Å². The lowest BCUT2D eigenvalue weighted by molar-refractivity contribution is -0.148. The van der Waals surface area contributed by atoms with Crippen LogP contribution in [0.1, 0.15) is 6.92 Å². The number of ether oxygens (including phenoxy) is 2. The first-order valence-corrected chi connectivity index (χ1v) is 4.31. The van der Waals surface area contributed by atoms with Crippen molar-refractivity contribution in [2.24, 2.45) is 0 Å². The molecule has 0 saturated carbocycles. The van der Waals surface area contributed by atoms with E-state index in [9.17, 15) is 15.0 Å². The highest BCUT2D eigenvalue weighted by molar-refractivity contribution is 5.65. The molecule has 3 N–H and O–H groups in total. The van der Waals surface area contributed by atoms with E-state index in [4.69, 9.17) is 9.84 Å². The standard InChI is InChI=1S/C8H14O6/c1-4(9)13-3-6(11)8-7(12)5(10)2-14-8/h5-8,10-12H,2-3H2,1H3/t5-,6?,7?,8-/m1/s1. The zero-order valence-corrected chi connectivity index (χ0v) is 7.79. The van der Waals surface area contributed by atoms with Crippen LogP contribution < -0.4 is 0 Å². The summed E-state index contributed by atoms with van der Waals surface area (Å²) in [5.74, 6) is -0.517. The molecule has 14 heavy (non-hydrogen) atoms. The number of aliphatic hydroxyl groups excluding tert-OH is 3. The Bertz CT molecular complexity index is 206. The maximum atomic E-state index is 10.4. The van der Waals surface area contributed by atoms with Gasteiger partial charge in [-0.15, -0.1) is 0 Å². The highest BCUT2D eigenvalue weighted by Crippen LogP contribution is 2.17. The summed E-state index contributed by atoms with van der Waals surface area (Å²) in [4.78, 5) is 10.4. The lowest BCUT2D eigenvalue weighted by Gasteiger charge is -2.20. The van der Waals surface area contributed by atoms with Gasteiger partial charge in [0.2, 0.25) is 0 Å². The Labute approximate surface area is 81.1 Å². The first kappa shape index (κ1) is 11.4. The van der Waals surface area contributed by atoms with Crippen LogP contribution in [0.5, 0.6) is 0 Å². The molecule has 0 amide bonds. The van der Waals surface area contributed by atoms with E-state index in [1.54, 1.807) is 0 Å². The third-order valence-electron chi connectivity index (χ3n) is 2.03. The molecule has 1 fully saturated rings. The molecule has 0 aromatic carbocycles. The van der Waals surface area contributed by atoms with Gasteiger partial charge in [-0.2, -0.15) is 0 Å². The van der Waals surface area contributed by atoms with E-state index < -0.39 is 30.4 Å². The van der Waals surface area contributed by atoms with Gasteiger partial charge in [0.15, 0.2) is 0 Å². The van der Waals surface area contributed by atoms with Crippen LogP contribution in [-0.2, 0) is 14.3 Å². The molecule has 2 unspecified atom stereocenters. The number of aliphatic hydroxyl groups is 3. The van der Waals surface area contributed by atoms with Crippen LogP contribution in [0.2, 0.25) is 0 Å². The summed E-state index contributed by atoms with van der Waals surface area (Å²) in [6.45, 7) is 0.945. The average Bonchev–Trinajstić information content (AvgIpc) is 2.44. The Morgan fingerprint density at radius 1 is 1.64 bits per heavy atom. The van der Waals surface area contributed by atoms with E-state index in [1.807, 2.05) is 0 Å². The monoisotopic (exact) mass is 206 g/mol. The van der Waals surface area contributed by atoms with E-state index in [1.165, 1.54) is 6.92 Å². The third-order valence-corrected chi connectivity index (χ3v) is 2.03. The fourth-order valence-electron chi connectivity index (χ4n) is 1.26. The van der Waals surface area contributed by atoms with Crippen LogP contribution in [0.15, 0.2) is 0 Å². The van der Waals surface area contributed by atoms with Gasteiger partial charge in [0.05, 0.1) is 6.61 Å². The Hall–Kier alpha value is -0.690. The predicted octanol–water partition coefficient (Wildman–Crippen LogP) is -1.97. The van der Waals surface area contributed by atoms with Gasteiger partial charge in [-0.05, 0) is 0 Å². The van der Waals surface area contributed by atoms with Crippen LogP contribution in [0.25, 0.3) is 0 Å². The summed E-state index contributed by atoms with van der Waals surface area (Å²) >= 11 is 0. The van der Waals surface area contributed by atoms with Gasteiger partial charge in [0.25, 0.3) is 0 Å². The van der Waals surface area contributed by atoms with Crippen molar-refractivity contribution in [1.29, 1.82) is 0 Å². The molecule has 82 valence electrons. The average molecular weight is 206 g/mol. The molecule has 0 aromatic heterocycles. The molecular weight excluding hydrogens is 192 g/mol. The fourth-order valence-corrected chi connectivity index (χ4v) is 1.26. The van der Waals surface area contributed by atoms with Gasteiger partial charge < -0.3 is 24.8 Å². The third kappa shape index (κ3) is 2.65. The number of carbonyl (C=O) groups is 1. The Balaban J connectivity index is 2.37. The fraction of sp³-hybridized carbons (Fsp3) is 0.875. The summed E-state index contributed by atoms with van der Waals surface area (Å²) in [6.07, 6.45) is -4.15. The van der Waals surface area contributed by atoms with E-state index in [-0.39, 0.29) is 13.2 Å². The van der Waals surface area contributed by atoms with E-state index >= 15 is 0 Å².